The van der Waals surface area contributed by atoms with Crippen LogP contribution in [0.5, 0.6) is 0 Å². The molecular weight excluding hydrogens is 1300 g/mol. The number of aliphatic hydroxyl groups excluding tert-OH is 1. The normalized spacial score (nSPS) is 25.7. The van der Waals surface area contributed by atoms with Crippen LogP contribution in [0.25, 0.3) is 0 Å². The van der Waals surface area contributed by atoms with Gasteiger partial charge in [0.2, 0.25) is 65.0 Å². The number of rotatable bonds is 25. The molecule has 0 saturated carbocycles. The zero-order valence-electron chi connectivity index (χ0n) is 66.6. The largest absolute Gasteiger partial charge is 0.390 e. The highest BCUT2D eigenvalue weighted by Crippen LogP contribution is 2.27. The number of carbonyl (C=O) groups is 11. The molecule has 1 fully saturated rings. The van der Waals surface area contributed by atoms with E-state index in [0.717, 1.165) is 35.9 Å². The summed E-state index contributed by atoms with van der Waals surface area (Å²) in [6.07, 6.45) is 3.11. The van der Waals surface area contributed by atoms with Crippen molar-refractivity contribution in [2.45, 2.75) is 269 Å². The quantitative estimate of drug-likeness (QED) is 0.0487. The van der Waals surface area contributed by atoms with Crippen LogP contribution in [-0.4, -0.2) is 273 Å². The van der Waals surface area contributed by atoms with Gasteiger partial charge in [-0.1, -0.05) is 123 Å². The molecule has 25 nitrogen and oxygen atoms in total. The number of hydrogen-bond acceptors (Lipinski definition) is 15. The minimum Gasteiger partial charge on any atom is -0.390 e. The Labute approximate surface area is 605 Å². The molecule has 576 valence electrons. The molecule has 0 aromatic heterocycles. The van der Waals surface area contributed by atoms with Crippen LogP contribution in [0.1, 0.15) is 190 Å². The lowest BCUT2D eigenvalue weighted by Crippen LogP contribution is -2.64. The van der Waals surface area contributed by atoms with Gasteiger partial charge in [-0.3, -0.25) is 52.7 Å². The first-order chi connectivity index (χ1) is 46.1. The number of carbonyl (C=O) groups excluding carboxylic acids is 11. The SMILES string of the molecule is C/C=C/C[C@@H](C)[C@@H](O)[C@H]1C(=O)N[C@@H](CC)C(=O)N(C)[C@H](CSCCCN(CC(C)C)CC(C)C)C(=O)N(C)[C@@H](CC(C)(C)O)C(=O)N[C@@H](C(C)C)C(=O)N(C)[C@@H](CC(C)C)C(=O)N[C@@H](C)C(=O)N[C@H](C)C(=O)N(C)[C@@H](CC(C)C)C(=O)N(C)[C@@H](CC(C)C)C(=O)N(C)[C@@H](C(C)C)C(=O)N1C. The molecule has 0 bridgehead atoms. The van der Waals surface area contributed by atoms with E-state index in [1.807, 2.05) is 47.6 Å². The average molecular weight is 1430 g/mol. The van der Waals surface area contributed by atoms with Crippen molar-refractivity contribution in [1.82, 2.24) is 60.5 Å². The standard InChI is InChI=1S/C74H136N12O13S/c1-29-31-33-50(17)62(87)61-66(91)77-53(30-2)68(93)83(26)58(42-100-35-32-34-86(40-46(9)10)41-47(11)12)71(96)82(25)57(39-74(20,21)99)65(90)78-59(48(13)14)72(97)79(22)54(36-43(3)4)64(89)75-51(18)63(88)76-52(19)67(92)80(23)55(37-44(5)6)69(94)81(24)56(38-45(7)8)70(95)84(27)60(49(15)16)73(98)85(61)28/h29,31,43-62,87,99H,30,32-42H2,1-28H3,(H,75,89)(H,76,88)(H,77,91)(H,78,90)/b31-29+/t50-,51+,52-,53+,54+,55+,56+,57+,58-,59+,60+,61+,62-/m1/s1. The van der Waals surface area contributed by atoms with E-state index in [4.69, 9.17) is 0 Å². The molecule has 0 unspecified atom stereocenters. The van der Waals surface area contributed by atoms with Gasteiger partial charge in [-0.05, 0) is 133 Å². The Morgan fingerprint density at radius 3 is 1.38 bits per heavy atom. The van der Waals surface area contributed by atoms with Crippen LogP contribution in [0.4, 0.5) is 0 Å². The highest BCUT2D eigenvalue weighted by atomic mass is 32.2. The number of likely N-dealkylation sites (N-methyl/N-ethyl adjacent to an activating group) is 7. The van der Waals surface area contributed by atoms with Crippen LogP contribution >= 0.6 is 11.8 Å². The van der Waals surface area contributed by atoms with Crippen molar-refractivity contribution in [2.75, 3.05) is 80.5 Å². The Balaban J connectivity index is 4.60. The fraction of sp³-hybridized carbons (Fsp3) is 0.824. The number of allylic oxidation sites excluding steroid dienone is 2. The summed E-state index contributed by atoms with van der Waals surface area (Å²) >= 11 is 1.43. The number of nitrogens with one attached hydrogen (secondary N) is 4. The van der Waals surface area contributed by atoms with E-state index in [2.05, 4.69) is 53.9 Å². The van der Waals surface area contributed by atoms with Gasteiger partial charge in [0, 0.05) is 74.6 Å². The predicted molar refractivity (Wildman–Crippen MR) is 397 cm³/mol. The lowest BCUT2D eigenvalue weighted by atomic mass is 9.91. The molecule has 13 atom stereocenters. The summed E-state index contributed by atoms with van der Waals surface area (Å²) < 4.78 is 0. The number of thioether (sulfide) groups is 1. The van der Waals surface area contributed by atoms with Crippen LogP contribution in [0, 0.1) is 47.3 Å². The van der Waals surface area contributed by atoms with Gasteiger partial charge in [0.05, 0.1) is 11.7 Å². The smallest absolute Gasteiger partial charge is 0.246 e. The third-order valence-electron chi connectivity index (χ3n) is 18.7. The van der Waals surface area contributed by atoms with Crippen LogP contribution in [0.2, 0.25) is 0 Å². The van der Waals surface area contributed by atoms with Gasteiger partial charge in [0.15, 0.2) is 0 Å². The maximum atomic E-state index is 15.6. The molecule has 11 amide bonds. The third kappa shape index (κ3) is 28.1. The van der Waals surface area contributed by atoms with Gasteiger partial charge in [-0.2, -0.15) is 11.8 Å². The molecule has 1 aliphatic heterocycles. The van der Waals surface area contributed by atoms with Crippen molar-refractivity contribution >= 4 is 76.7 Å². The lowest BCUT2D eigenvalue weighted by Gasteiger charge is -2.41. The average Bonchev–Trinajstić information content (AvgIpc) is 0.805. The molecular formula is C74H136N12O13S. The van der Waals surface area contributed by atoms with Gasteiger partial charge >= 0.3 is 0 Å². The van der Waals surface area contributed by atoms with Crippen LogP contribution < -0.4 is 21.3 Å². The van der Waals surface area contributed by atoms with Crippen molar-refractivity contribution in [3.8, 4) is 0 Å². The second-order valence-electron chi connectivity index (χ2n) is 31.7. The van der Waals surface area contributed by atoms with Gasteiger partial charge in [-0.15, -0.1) is 0 Å². The summed E-state index contributed by atoms with van der Waals surface area (Å²) in [4.78, 5) is 176. The molecule has 0 aromatic carbocycles. The van der Waals surface area contributed by atoms with E-state index in [1.165, 1.54) is 113 Å². The fourth-order valence-electron chi connectivity index (χ4n) is 12.9. The first-order valence-corrected chi connectivity index (χ1v) is 37.7. The molecule has 26 heteroatoms. The molecule has 0 aliphatic carbocycles. The highest BCUT2D eigenvalue weighted by molar-refractivity contribution is 7.99. The zero-order valence-corrected chi connectivity index (χ0v) is 67.4. The van der Waals surface area contributed by atoms with Crippen molar-refractivity contribution in [3.63, 3.8) is 0 Å². The molecule has 0 aromatic rings. The van der Waals surface area contributed by atoms with E-state index in [1.54, 1.807) is 54.5 Å². The molecule has 0 radical (unpaired) electrons. The van der Waals surface area contributed by atoms with E-state index < -0.39 is 161 Å². The van der Waals surface area contributed by atoms with E-state index in [0.29, 0.717) is 17.6 Å². The molecule has 100 heavy (non-hydrogen) atoms. The van der Waals surface area contributed by atoms with Crippen molar-refractivity contribution in [1.29, 1.82) is 0 Å². The Bertz CT molecular complexity index is 2690. The van der Waals surface area contributed by atoms with Gasteiger partial charge in [-0.25, -0.2) is 0 Å². The first kappa shape index (κ1) is 92.2. The number of amides is 11. The maximum Gasteiger partial charge on any atom is 0.246 e. The molecule has 1 rings (SSSR count). The molecule has 0 spiro atoms. The minimum atomic E-state index is -1.66. The summed E-state index contributed by atoms with van der Waals surface area (Å²) in [6, 6.07) is -14.4. The zero-order chi connectivity index (χ0) is 77.5. The Morgan fingerprint density at radius 1 is 0.490 bits per heavy atom. The minimum absolute atomic E-state index is 0.0249. The predicted octanol–water partition coefficient (Wildman–Crippen LogP) is 5.49. The second kappa shape index (κ2) is 42.7. The molecule has 6 N–H and O–H groups in total. The maximum absolute atomic E-state index is 15.6. The molecule has 1 aliphatic rings. The monoisotopic (exact) mass is 1430 g/mol. The highest BCUT2D eigenvalue weighted by Gasteiger charge is 2.47. The number of hydrogen-bond donors (Lipinski definition) is 6. The Kier molecular flexibility index (Phi) is 39.3. The summed E-state index contributed by atoms with van der Waals surface area (Å²) in [5, 5.41) is 35.0. The summed E-state index contributed by atoms with van der Waals surface area (Å²) in [5.41, 5.74) is -1.59. The Morgan fingerprint density at radius 2 is 0.920 bits per heavy atom. The van der Waals surface area contributed by atoms with Gasteiger partial charge in [0.25, 0.3) is 0 Å². The van der Waals surface area contributed by atoms with Crippen LogP contribution in [0.3, 0.4) is 0 Å². The van der Waals surface area contributed by atoms with E-state index >= 15 is 33.6 Å². The fourth-order valence-corrected chi connectivity index (χ4v) is 13.9. The van der Waals surface area contributed by atoms with Crippen molar-refractivity contribution in [2.24, 2.45) is 47.3 Å². The van der Waals surface area contributed by atoms with Crippen LogP contribution in [0.15, 0.2) is 12.2 Å². The Hall–Kier alpha value is -5.86. The second-order valence-corrected chi connectivity index (χ2v) is 32.8. The topological polar surface area (TPSA) is 302 Å². The van der Waals surface area contributed by atoms with Crippen molar-refractivity contribution < 1.29 is 63.0 Å². The summed E-state index contributed by atoms with van der Waals surface area (Å²) in [6.45, 7) is 40.3. The van der Waals surface area contributed by atoms with Crippen LogP contribution in [-0.2, 0) is 52.7 Å². The number of nitrogens with zero attached hydrogens (tertiary/aromatic N) is 8. The molecule has 1 saturated heterocycles. The third-order valence-corrected chi connectivity index (χ3v) is 19.8. The first-order valence-electron chi connectivity index (χ1n) is 36.5. The summed E-state index contributed by atoms with van der Waals surface area (Å²) in [7, 11) is 9.94. The lowest BCUT2D eigenvalue weighted by molar-refractivity contribution is -0.157. The van der Waals surface area contributed by atoms with Gasteiger partial charge < -0.3 is 70.7 Å². The summed E-state index contributed by atoms with van der Waals surface area (Å²) in [5.74, 6) is -8.80. The van der Waals surface area contributed by atoms with Crippen molar-refractivity contribution in [3.05, 3.63) is 12.2 Å². The van der Waals surface area contributed by atoms with Gasteiger partial charge in [0.1, 0.15) is 66.5 Å². The van der Waals surface area contributed by atoms with E-state index in [-0.39, 0.29) is 62.0 Å². The number of aliphatic hydroxyl groups is 2. The van der Waals surface area contributed by atoms with E-state index in [9.17, 15) is 29.4 Å². The molecule has 1 heterocycles.